The first-order chi connectivity index (χ1) is 14.3. The summed E-state index contributed by atoms with van der Waals surface area (Å²) in [7, 11) is 0. The predicted octanol–water partition coefficient (Wildman–Crippen LogP) is 3.05. The lowest BCUT2D eigenvalue weighted by molar-refractivity contribution is -0.206. The Morgan fingerprint density at radius 1 is 1.23 bits per heavy atom. The van der Waals surface area contributed by atoms with E-state index in [-0.39, 0.29) is 28.4 Å². The number of aliphatic hydroxyl groups is 1. The molecule has 6 aliphatic carbocycles. The number of hydrogen-bond donors (Lipinski definition) is 1. The van der Waals surface area contributed by atoms with Crippen molar-refractivity contribution in [1.82, 2.24) is 0 Å². The largest absolute Gasteiger partial charge is 0.463 e. The van der Waals surface area contributed by atoms with Gasteiger partial charge in [0.2, 0.25) is 0 Å². The molecule has 1 saturated heterocycles. The number of hydrogen-bond acceptors (Lipinski definition) is 5. The molecular weight excluding hydrogens is 380 g/mol. The lowest BCUT2D eigenvalue weighted by Crippen LogP contribution is -2.64. The highest BCUT2D eigenvalue weighted by Gasteiger charge is 2.90. The molecule has 1 spiro atoms. The average molecular weight is 413 g/mol. The van der Waals surface area contributed by atoms with Crippen LogP contribution in [0.1, 0.15) is 58.8 Å². The van der Waals surface area contributed by atoms with Gasteiger partial charge in [-0.1, -0.05) is 6.92 Å². The molecule has 30 heavy (non-hydrogen) atoms. The van der Waals surface area contributed by atoms with Crippen LogP contribution >= 0.6 is 0 Å². The van der Waals surface area contributed by atoms with Gasteiger partial charge in [-0.2, -0.15) is 0 Å². The van der Waals surface area contributed by atoms with E-state index in [2.05, 4.69) is 6.92 Å². The molecule has 0 radical (unpaired) electrons. The van der Waals surface area contributed by atoms with Crippen LogP contribution in [0.4, 0.5) is 0 Å². The van der Waals surface area contributed by atoms with Crippen molar-refractivity contribution in [2.24, 2.45) is 46.8 Å². The molecule has 7 rings (SSSR count). The maximum absolute atomic E-state index is 12.3. The molecule has 0 aromatic heterocycles. The van der Waals surface area contributed by atoms with Crippen LogP contribution in [0.15, 0.2) is 12.2 Å². The Morgan fingerprint density at radius 3 is 2.83 bits per heavy atom. The minimum absolute atomic E-state index is 0.0891. The second-order valence-electron chi connectivity index (χ2n) is 11.7. The number of fused-ring (bicyclic) bond motifs is 10. The summed E-state index contributed by atoms with van der Waals surface area (Å²) in [6.07, 6.45) is 9.88. The third-order valence-electron chi connectivity index (χ3n) is 11.0. The Bertz CT molecular complexity index is 896. The van der Waals surface area contributed by atoms with Crippen molar-refractivity contribution in [3.8, 4) is 0 Å². The molecule has 1 heterocycles. The number of carbonyl (C=O) groups is 2. The second-order valence-corrected chi connectivity index (χ2v) is 11.7. The molecule has 3 unspecified atom stereocenters. The van der Waals surface area contributed by atoms with E-state index in [1.807, 2.05) is 13.0 Å². The van der Waals surface area contributed by atoms with Crippen molar-refractivity contribution < 1.29 is 24.2 Å². The predicted molar refractivity (Wildman–Crippen MR) is 107 cm³/mol. The van der Waals surface area contributed by atoms with Crippen molar-refractivity contribution in [3.05, 3.63) is 12.2 Å². The average Bonchev–Trinajstić information content (AvgIpc) is 3.59. The molecule has 6 saturated carbocycles. The van der Waals surface area contributed by atoms with Gasteiger partial charge >= 0.3 is 5.97 Å². The fraction of sp³-hybridized carbons (Fsp3) is 0.840. The molecule has 1 aliphatic heterocycles. The van der Waals surface area contributed by atoms with E-state index in [0.29, 0.717) is 60.9 Å². The molecule has 0 aromatic rings. The van der Waals surface area contributed by atoms with E-state index in [9.17, 15) is 14.7 Å². The summed E-state index contributed by atoms with van der Waals surface area (Å²) in [5, 5.41) is 11.8. The van der Waals surface area contributed by atoms with Gasteiger partial charge in [0.15, 0.2) is 0 Å². The van der Waals surface area contributed by atoms with Gasteiger partial charge in [0, 0.05) is 24.3 Å². The molecule has 5 heteroatoms. The van der Waals surface area contributed by atoms with E-state index in [1.165, 1.54) is 6.42 Å². The Morgan fingerprint density at radius 2 is 2.03 bits per heavy atom. The fourth-order valence-corrected chi connectivity index (χ4v) is 9.71. The summed E-state index contributed by atoms with van der Waals surface area (Å²) in [6.45, 7) is 4.52. The smallest absolute Gasteiger partial charge is 0.330 e. The van der Waals surface area contributed by atoms with Crippen molar-refractivity contribution in [3.63, 3.8) is 0 Å². The summed E-state index contributed by atoms with van der Waals surface area (Å²) in [5.74, 6) is 3.75. The molecule has 0 aromatic carbocycles. The van der Waals surface area contributed by atoms with Crippen LogP contribution in [-0.2, 0) is 19.1 Å². The van der Waals surface area contributed by atoms with Gasteiger partial charge in [-0.25, -0.2) is 4.79 Å². The monoisotopic (exact) mass is 412 g/mol. The lowest BCUT2D eigenvalue weighted by Gasteiger charge is -2.61. The number of carbonyl (C=O) groups excluding carboxylic acids is 2. The highest BCUT2D eigenvalue weighted by molar-refractivity contribution is 5.82. The van der Waals surface area contributed by atoms with Gasteiger partial charge in [-0.3, -0.25) is 4.79 Å². The molecule has 1 N–H and O–H groups in total. The number of epoxide rings is 1. The number of esters is 1. The summed E-state index contributed by atoms with van der Waals surface area (Å²) in [5.41, 5.74) is -1.27. The normalized spacial score (nSPS) is 61.2. The van der Waals surface area contributed by atoms with Crippen LogP contribution in [-0.4, -0.2) is 40.3 Å². The van der Waals surface area contributed by atoms with Gasteiger partial charge in [0.25, 0.3) is 0 Å². The molecule has 0 bridgehead atoms. The third-order valence-corrected chi connectivity index (χ3v) is 11.0. The highest BCUT2D eigenvalue weighted by atomic mass is 16.6. The molecule has 7 fully saturated rings. The Labute approximate surface area is 177 Å². The SMILES string of the molecule is CCOC(=O)C=C[C@@]12O[C@@]13CCC1C(C3[C@@H]3C[C@@H]32)[C@H]2C[C@H]2[C@]2(O)CC(=O)CC[C@]12C. The number of ketones is 1. The minimum atomic E-state index is -0.786. The standard InChI is InChI=1S/C25H32O5/c1-3-29-19(27)6-9-24-18-11-15(18)21-20-14-10-17(14)23(28)12-13(26)4-7-22(23,2)16(20)5-8-25(21,24)30-24/h6,9,14-18,20-21,28H,3-5,7-8,10-12H2,1-2H3/t14-,15+,16?,17+,18-,20?,21?,22+,23+,24-,25+/m0/s1. The molecule has 7 aliphatic rings. The topological polar surface area (TPSA) is 76.1 Å². The molecular formula is C25H32O5. The zero-order chi connectivity index (χ0) is 20.7. The number of Topliss-reactive ketones (excluding diaryl/α,β-unsaturated/α-hetero) is 1. The zero-order valence-electron chi connectivity index (χ0n) is 17.9. The summed E-state index contributed by atoms with van der Waals surface area (Å²) >= 11 is 0. The minimum Gasteiger partial charge on any atom is -0.463 e. The van der Waals surface area contributed by atoms with E-state index in [0.717, 1.165) is 25.7 Å². The first kappa shape index (κ1) is 18.4. The maximum Gasteiger partial charge on any atom is 0.330 e. The van der Waals surface area contributed by atoms with Gasteiger partial charge in [-0.15, -0.1) is 0 Å². The Kier molecular flexibility index (Phi) is 3.20. The van der Waals surface area contributed by atoms with Crippen LogP contribution in [0.3, 0.4) is 0 Å². The van der Waals surface area contributed by atoms with E-state index < -0.39 is 5.60 Å². The second kappa shape index (κ2) is 5.23. The Hall–Kier alpha value is -1.20. The maximum atomic E-state index is 12.3. The molecule has 162 valence electrons. The van der Waals surface area contributed by atoms with Gasteiger partial charge in [-0.05, 0) is 86.5 Å². The highest BCUT2D eigenvalue weighted by Crippen LogP contribution is 2.86. The van der Waals surface area contributed by atoms with Crippen LogP contribution in [0.5, 0.6) is 0 Å². The number of rotatable bonds is 3. The quantitative estimate of drug-likeness (QED) is 0.438. The van der Waals surface area contributed by atoms with Gasteiger partial charge in [0.1, 0.15) is 17.0 Å². The van der Waals surface area contributed by atoms with Gasteiger partial charge in [0.05, 0.1) is 12.2 Å². The fourth-order valence-electron chi connectivity index (χ4n) is 9.71. The lowest BCUT2D eigenvalue weighted by atomic mass is 9.44. The third kappa shape index (κ3) is 1.83. The van der Waals surface area contributed by atoms with Crippen molar-refractivity contribution >= 4 is 11.8 Å². The molecule has 5 nitrogen and oxygen atoms in total. The van der Waals surface area contributed by atoms with E-state index in [1.54, 1.807) is 6.08 Å². The van der Waals surface area contributed by atoms with Crippen molar-refractivity contribution in [2.75, 3.05) is 6.61 Å². The molecule has 11 atom stereocenters. The van der Waals surface area contributed by atoms with Crippen LogP contribution in [0, 0.1) is 46.8 Å². The Balaban J connectivity index is 1.23. The summed E-state index contributed by atoms with van der Waals surface area (Å²) in [6, 6.07) is 0. The van der Waals surface area contributed by atoms with Crippen molar-refractivity contribution in [1.29, 1.82) is 0 Å². The van der Waals surface area contributed by atoms with Crippen molar-refractivity contribution in [2.45, 2.75) is 75.6 Å². The zero-order valence-corrected chi connectivity index (χ0v) is 17.9. The van der Waals surface area contributed by atoms with E-state index >= 15 is 0 Å². The summed E-state index contributed by atoms with van der Waals surface area (Å²) < 4.78 is 11.7. The van der Waals surface area contributed by atoms with Crippen LogP contribution in [0.2, 0.25) is 0 Å². The first-order valence-corrected chi connectivity index (χ1v) is 12.1. The first-order valence-electron chi connectivity index (χ1n) is 12.1. The van der Waals surface area contributed by atoms with E-state index in [4.69, 9.17) is 9.47 Å². The van der Waals surface area contributed by atoms with Gasteiger partial charge < -0.3 is 14.6 Å². The van der Waals surface area contributed by atoms with Crippen LogP contribution in [0.25, 0.3) is 0 Å². The number of ether oxygens (including phenoxy) is 2. The van der Waals surface area contributed by atoms with Crippen LogP contribution < -0.4 is 0 Å². The molecule has 0 amide bonds. The summed E-state index contributed by atoms with van der Waals surface area (Å²) in [4.78, 5) is 24.2.